The van der Waals surface area contributed by atoms with Crippen LogP contribution in [-0.2, 0) is 15.1 Å². The third kappa shape index (κ3) is 7.68. The Morgan fingerprint density at radius 1 is 0.963 bits per heavy atom. The lowest BCUT2D eigenvalue weighted by molar-refractivity contribution is -0.134. The van der Waals surface area contributed by atoms with E-state index >= 15 is 0 Å². The van der Waals surface area contributed by atoms with Crippen LogP contribution in [0.1, 0.15) is 51.3 Å². The van der Waals surface area contributed by atoms with Gasteiger partial charge in [-0.15, -0.1) is 11.8 Å². The maximum absolute atomic E-state index is 14.2. The predicted octanol–water partition coefficient (Wildman–Crippen LogP) is -0.621. The van der Waals surface area contributed by atoms with Crippen molar-refractivity contribution in [1.29, 1.82) is 0 Å². The molecular formula is C37H38B3N3O10S. The van der Waals surface area contributed by atoms with E-state index in [2.05, 4.69) is 17.2 Å². The molecule has 1 aliphatic heterocycles. The smallest absolute Gasteiger partial charge is 0.248 e. The average Bonchev–Trinajstić information content (AvgIpc) is 3.45. The van der Waals surface area contributed by atoms with Crippen LogP contribution >= 0.6 is 11.8 Å². The maximum Gasteiger partial charge on any atom is 0.248 e. The van der Waals surface area contributed by atoms with Crippen LogP contribution in [0.4, 0.5) is 5.69 Å². The van der Waals surface area contributed by atoms with Gasteiger partial charge in [-0.3, -0.25) is 19.3 Å². The lowest BCUT2D eigenvalue weighted by Gasteiger charge is -2.40. The van der Waals surface area contributed by atoms with Crippen molar-refractivity contribution in [1.82, 2.24) is 5.32 Å². The molecule has 1 saturated heterocycles. The number of rotatable bonds is 11. The van der Waals surface area contributed by atoms with Crippen LogP contribution in [0.25, 0.3) is 0 Å². The molecule has 2 unspecified atom stereocenters. The average molecular weight is 749 g/mol. The second-order valence-electron chi connectivity index (χ2n) is 12.9. The zero-order valence-corrected chi connectivity index (χ0v) is 31.0. The van der Waals surface area contributed by atoms with Crippen LogP contribution in [0.2, 0.25) is 0 Å². The number of nitrogens with two attached hydrogens (primary N) is 1. The number of benzene rings is 4. The number of amides is 3. The van der Waals surface area contributed by atoms with Crippen molar-refractivity contribution >= 4 is 64.2 Å². The lowest BCUT2D eigenvalue weighted by atomic mass is 9.60. The van der Waals surface area contributed by atoms with E-state index in [9.17, 15) is 39.9 Å². The highest BCUT2D eigenvalue weighted by Crippen LogP contribution is 2.51. The minimum Gasteiger partial charge on any atom is -0.507 e. The van der Waals surface area contributed by atoms with E-state index in [1.165, 1.54) is 71.9 Å². The Hall–Kier alpha value is -5.69. The second kappa shape index (κ2) is 15.7. The van der Waals surface area contributed by atoms with Crippen molar-refractivity contribution in [2.24, 2.45) is 5.73 Å². The quantitative estimate of drug-likeness (QED) is 0.0338. The third-order valence-corrected chi connectivity index (χ3v) is 10.6. The maximum atomic E-state index is 14.2. The van der Waals surface area contributed by atoms with Crippen molar-refractivity contribution in [2.45, 2.75) is 35.1 Å². The summed E-state index contributed by atoms with van der Waals surface area (Å²) in [7, 11) is 5.45. The van der Waals surface area contributed by atoms with Gasteiger partial charge in [-0.05, 0) is 60.4 Å². The van der Waals surface area contributed by atoms with Crippen LogP contribution in [0.3, 0.4) is 0 Å². The van der Waals surface area contributed by atoms with Crippen LogP contribution in [0.5, 0.6) is 28.7 Å². The number of primary amides is 1. The topological polar surface area (TPSA) is 212 Å². The number of aromatic hydroxyl groups is 3. The van der Waals surface area contributed by atoms with Gasteiger partial charge >= 0.3 is 0 Å². The Kier molecular flexibility index (Phi) is 11.5. The van der Waals surface area contributed by atoms with Gasteiger partial charge < -0.3 is 46.1 Å². The molecule has 0 aromatic heterocycles. The Morgan fingerprint density at radius 3 is 2.31 bits per heavy atom. The number of anilines is 1. The standard InChI is InChI=1S/C37H38B3N3O10S/c1-3-53-25-17-21(13-15-24(25)52-2)36(39,50)37(40,51)42-27(44)18-26-34(49)43(22-11-7-10-20(16-22)33(41)48)35(54-26)28-29(38)30(45)23(31(46)32(28)47)14-12-19-8-5-4-6-9-19/h4-11,13,15-17,26,35,45-47,50-51H,3,18,38-40H2,1-2H3,(H2,41,48)(H,42,44)/t26-,35+,36?,37?/m1/s1. The largest absolute Gasteiger partial charge is 0.507 e. The third-order valence-electron chi connectivity index (χ3n) is 9.24. The SMILES string of the molecule is Bc1c(O)c(C#Cc2ccccc2)c(O)c(O)c1[C@@H]1S[C@H](CC(=O)NC(B)(O)C(B)(O)c2ccc(OC)c(OCC)c2)C(=O)N1c1cccc(C(N)=O)c1. The van der Waals surface area contributed by atoms with Crippen LogP contribution in [0.15, 0.2) is 72.8 Å². The van der Waals surface area contributed by atoms with E-state index in [-0.39, 0.29) is 33.4 Å². The van der Waals surface area contributed by atoms with E-state index in [1.54, 1.807) is 43.3 Å². The fraction of sp³-hybridized carbons (Fsp3) is 0.216. The van der Waals surface area contributed by atoms with Crippen molar-refractivity contribution < 1.29 is 49.4 Å². The molecule has 1 aliphatic rings. The molecule has 54 heavy (non-hydrogen) atoms. The molecule has 8 N–H and O–H groups in total. The summed E-state index contributed by atoms with van der Waals surface area (Å²) in [5.41, 5.74) is 2.06. The van der Waals surface area contributed by atoms with Gasteiger partial charge in [-0.1, -0.05) is 42.2 Å². The van der Waals surface area contributed by atoms with Gasteiger partial charge in [0.2, 0.25) is 17.7 Å². The fourth-order valence-electron chi connectivity index (χ4n) is 6.02. The van der Waals surface area contributed by atoms with Crippen molar-refractivity contribution in [2.75, 3.05) is 18.6 Å². The molecule has 0 saturated carbocycles. The van der Waals surface area contributed by atoms with Crippen LogP contribution in [-0.4, -0.2) is 91.4 Å². The molecule has 276 valence electrons. The highest BCUT2D eigenvalue weighted by Gasteiger charge is 2.48. The molecule has 4 aromatic carbocycles. The first kappa shape index (κ1) is 39.5. The number of thioether (sulfide) groups is 1. The summed E-state index contributed by atoms with van der Waals surface area (Å²) >= 11 is 0.927. The number of hydrogen-bond donors (Lipinski definition) is 7. The van der Waals surface area contributed by atoms with Crippen molar-refractivity contribution in [3.05, 3.63) is 101 Å². The Morgan fingerprint density at radius 2 is 1.67 bits per heavy atom. The molecule has 17 heteroatoms. The van der Waals surface area contributed by atoms with Crippen molar-refractivity contribution in [3.63, 3.8) is 0 Å². The number of phenols is 3. The molecule has 3 amide bonds. The minimum atomic E-state index is -2.27. The molecule has 5 rings (SSSR count). The van der Waals surface area contributed by atoms with Gasteiger partial charge in [0, 0.05) is 28.8 Å². The van der Waals surface area contributed by atoms with Gasteiger partial charge in [-0.25, -0.2) is 0 Å². The minimum absolute atomic E-state index is 0.0412. The molecule has 0 radical (unpaired) electrons. The first-order chi connectivity index (χ1) is 25.5. The molecule has 0 bridgehead atoms. The molecule has 4 aromatic rings. The van der Waals surface area contributed by atoms with E-state index in [0.717, 1.165) is 11.8 Å². The summed E-state index contributed by atoms with van der Waals surface area (Å²) in [6.07, 6.45) is -0.510. The van der Waals surface area contributed by atoms with E-state index in [4.69, 9.17) is 15.2 Å². The number of methoxy groups -OCH3 is 1. The first-order valence-corrected chi connectivity index (χ1v) is 17.8. The summed E-state index contributed by atoms with van der Waals surface area (Å²) in [5, 5.41) is 57.0. The molecule has 1 fully saturated rings. The second-order valence-corrected chi connectivity index (χ2v) is 14.2. The predicted molar refractivity (Wildman–Crippen MR) is 211 cm³/mol. The number of carbonyl (C=O) groups excluding carboxylic acids is 3. The zero-order chi connectivity index (χ0) is 39.5. The Balaban J connectivity index is 1.49. The zero-order valence-electron chi connectivity index (χ0n) is 30.2. The number of nitrogens with one attached hydrogen (secondary N) is 1. The monoisotopic (exact) mass is 749 g/mol. The summed E-state index contributed by atoms with van der Waals surface area (Å²) in [5.74, 6) is 2.23. The molecule has 4 atom stereocenters. The van der Waals surface area contributed by atoms with E-state index in [0.29, 0.717) is 23.7 Å². The highest BCUT2D eigenvalue weighted by molar-refractivity contribution is 8.01. The number of nitrogens with zero attached hydrogens (tertiary/aromatic N) is 1. The number of aliphatic hydroxyl groups is 2. The summed E-state index contributed by atoms with van der Waals surface area (Å²) in [6, 6.07) is 19.2. The number of hydrogen-bond acceptors (Lipinski definition) is 11. The molecule has 0 aliphatic carbocycles. The Labute approximate surface area is 318 Å². The lowest BCUT2D eigenvalue weighted by Crippen LogP contribution is -2.64. The molecule has 1 heterocycles. The number of ether oxygens (including phenoxy) is 2. The fourth-order valence-corrected chi connectivity index (χ4v) is 7.58. The van der Waals surface area contributed by atoms with E-state index in [1.807, 2.05) is 0 Å². The van der Waals surface area contributed by atoms with Gasteiger partial charge in [0.15, 0.2) is 38.7 Å². The summed E-state index contributed by atoms with van der Waals surface area (Å²) < 4.78 is 10.9. The Bertz CT molecular complexity index is 2150. The molecular weight excluding hydrogens is 711 g/mol. The van der Waals surface area contributed by atoms with Crippen molar-refractivity contribution in [3.8, 4) is 40.6 Å². The van der Waals surface area contributed by atoms with Gasteiger partial charge in [-0.2, -0.15) is 0 Å². The van der Waals surface area contributed by atoms with Gasteiger partial charge in [0.05, 0.1) is 24.5 Å². The normalized spacial score (nSPS) is 17.4. The number of phenolic OH excluding ortho intramolecular Hbond substituents is 3. The van der Waals surface area contributed by atoms with Gasteiger partial charge in [0.25, 0.3) is 0 Å². The highest BCUT2D eigenvalue weighted by atomic mass is 32.2. The number of carbonyl (C=O) groups is 3. The summed E-state index contributed by atoms with van der Waals surface area (Å²) in [6.45, 7) is 2.07. The summed E-state index contributed by atoms with van der Waals surface area (Å²) in [4.78, 5) is 41.1. The van der Waals surface area contributed by atoms with Gasteiger partial charge in [0.1, 0.15) is 30.2 Å². The molecule has 13 nitrogen and oxygen atoms in total. The van der Waals surface area contributed by atoms with E-state index < -0.39 is 63.1 Å². The first-order valence-electron chi connectivity index (χ1n) is 16.8. The van der Waals surface area contributed by atoms with Crippen LogP contribution in [0, 0.1) is 11.8 Å². The molecule has 0 spiro atoms. The van der Waals surface area contributed by atoms with Crippen LogP contribution < -0.4 is 30.9 Å².